The van der Waals surface area contributed by atoms with Gasteiger partial charge in [0.25, 0.3) is 5.91 Å². The Hall–Kier alpha value is -2.85. The highest BCUT2D eigenvalue weighted by Gasteiger charge is 2.36. The number of carbonyl (C=O) groups excluding carboxylic acids is 3. The lowest BCUT2D eigenvalue weighted by atomic mass is 9.75. The summed E-state index contributed by atoms with van der Waals surface area (Å²) in [6, 6.07) is 5.43. The van der Waals surface area contributed by atoms with Crippen LogP contribution in [0, 0.1) is 17.8 Å². The number of amides is 2. The lowest BCUT2D eigenvalue weighted by molar-refractivity contribution is -0.120. The third-order valence-electron chi connectivity index (χ3n) is 7.99. The van der Waals surface area contributed by atoms with E-state index in [1.54, 1.807) is 17.8 Å². The number of aryl methyl sites for hydroxylation is 1. The molecule has 1 aromatic heterocycles. The number of ether oxygens (including phenoxy) is 1. The number of Topliss-reactive ketones (excluding diaryl/α,β-unsaturated/α-hetero) is 1. The number of nitrogens with one attached hydrogen (secondary N) is 2. The standard InChI is InChI=1S/C35H55N5O4S/c1-23-30-27(19-33(5,6)20-28(30)41)40(39-23)24-12-13-25(31(36)43)26(18-24)38-21-34(7,8)22-44-35(9,10)15-11-16-37-29(42)14-17-45-32(2,3)4/h12-13,18,38H,11,14-17,19-22H2,1-10H3,(H2,36,43)(H,37,42). The number of ketones is 1. The molecule has 9 nitrogen and oxygen atoms in total. The molecule has 1 aliphatic carbocycles. The van der Waals surface area contributed by atoms with Crippen molar-refractivity contribution in [3.8, 4) is 5.69 Å². The SMILES string of the molecule is Cc1nn(-c2ccc(C(N)=O)c(NCC(C)(C)COC(C)(C)CCCNC(=O)CCSC(C)(C)C)c2)c2c1C(=O)CC(C)(C)C2. The van der Waals surface area contributed by atoms with E-state index in [2.05, 4.69) is 72.9 Å². The number of aromatic nitrogens is 2. The third-order valence-corrected chi connectivity index (χ3v) is 9.26. The Morgan fingerprint density at radius 3 is 2.44 bits per heavy atom. The summed E-state index contributed by atoms with van der Waals surface area (Å²) >= 11 is 1.80. The average Bonchev–Trinajstić information content (AvgIpc) is 3.23. The van der Waals surface area contributed by atoms with Crippen LogP contribution in [0.3, 0.4) is 0 Å². The molecule has 10 heteroatoms. The normalized spacial score (nSPS) is 15.1. The predicted octanol–water partition coefficient (Wildman–Crippen LogP) is 6.49. The molecule has 3 rings (SSSR count). The summed E-state index contributed by atoms with van der Waals surface area (Å²) in [4.78, 5) is 37.4. The molecule has 45 heavy (non-hydrogen) atoms. The average molecular weight is 642 g/mol. The summed E-state index contributed by atoms with van der Waals surface area (Å²) < 4.78 is 8.37. The second-order valence-corrected chi connectivity index (χ2v) is 17.5. The van der Waals surface area contributed by atoms with Crippen LogP contribution in [0.1, 0.15) is 120 Å². The lowest BCUT2D eigenvalue weighted by Crippen LogP contribution is -2.35. The van der Waals surface area contributed by atoms with E-state index in [9.17, 15) is 14.4 Å². The maximum atomic E-state index is 12.9. The summed E-state index contributed by atoms with van der Waals surface area (Å²) in [6.45, 7) is 22.6. The Labute approximate surface area is 274 Å². The fourth-order valence-electron chi connectivity index (χ4n) is 5.51. The van der Waals surface area contributed by atoms with Crippen LogP contribution in [-0.4, -0.2) is 63.2 Å². The van der Waals surface area contributed by atoms with Crippen LogP contribution in [0.5, 0.6) is 0 Å². The predicted molar refractivity (Wildman–Crippen MR) is 185 cm³/mol. The van der Waals surface area contributed by atoms with E-state index >= 15 is 0 Å². The van der Waals surface area contributed by atoms with E-state index in [0.717, 1.165) is 42.1 Å². The van der Waals surface area contributed by atoms with Crippen LogP contribution < -0.4 is 16.4 Å². The van der Waals surface area contributed by atoms with E-state index in [1.807, 2.05) is 23.7 Å². The van der Waals surface area contributed by atoms with Crippen molar-refractivity contribution in [2.75, 3.05) is 30.8 Å². The van der Waals surface area contributed by atoms with E-state index in [4.69, 9.17) is 15.6 Å². The second-order valence-electron chi connectivity index (χ2n) is 15.6. The fraction of sp³-hybridized carbons (Fsp3) is 0.657. The molecule has 0 atom stereocenters. The molecule has 0 unspecified atom stereocenters. The van der Waals surface area contributed by atoms with Gasteiger partial charge < -0.3 is 21.1 Å². The number of benzene rings is 1. The number of hydrogen-bond acceptors (Lipinski definition) is 7. The quantitative estimate of drug-likeness (QED) is 0.190. The maximum absolute atomic E-state index is 12.9. The molecule has 0 saturated heterocycles. The topological polar surface area (TPSA) is 128 Å². The molecule has 0 fully saturated rings. The molecule has 0 bridgehead atoms. The first-order chi connectivity index (χ1) is 20.7. The van der Waals surface area contributed by atoms with Gasteiger partial charge in [-0.05, 0) is 63.6 Å². The van der Waals surface area contributed by atoms with Crippen molar-refractivity contribution in [3.05, 3.63) is 40.7 Å². The molecule has 2 aromatic rings. The second kappa shape index (κ2) is 14.3. The van der Waals surface area contributed by atoms with Crippen molar-refractivity contribution < 1.29 is 19.1 Å². The van der Waals surface area contributed by atoms with Gasteiger partial charge in [-0.2, -0.15) is 16.9 Å². The Morgan fingerprint density at radius 1 is 1.11 bits per heavy atom. The van der Waals surface area contributed by atoms with Crippen LogP contribution in [-0.2, 0) is 16.0 Å². The number of nitrogens with two attached hydrogens (primary N) is 1. The van der Waals surface area contributed by atoms with Gasteiger partial charge in [0.15, 0.2) is 5.78 Å². The first-order valence-electron chi connectivity index (χ1n) is 16.0. The Kier molecular flexibility index (Phi) is 11.6. The molecular formula is C35H55N5O4S. The summed E-state index contributed by atoms with van der Waals surface area (Å²) in [6.07, 6.45) is 3.41. The van der Waals surface area contributed by atoms with Gasteiger partial charge in [-0.15, -0.1) is 0 Å². The van der Waals surface area contributed by atoms with Gasteiger partial charge in [0, 0.05) is 47.5 Å². The van der Waals surface area contributed by atoms with Crippen molar-refractivity contribution in [3.63, 3.8) is 0 Å². The molecule has 0 spiro atoms. The minimum absolute atomic E-state index is 0.0944. The highest BCUT2D eigenvalue weighted by atomic mass is 32.2. The largest absolute Gasteiger partial charge is 0.384 e. The summed E-state index contributed by atoms with van der Waals surface area (Å²) in [5.41, 5.74) is 9.09. The molecule has 2 amide bonds. The van der Waals surface area contributed by atoms with E-state index in [0.29, 0.717) is 49.4 Å². The van der Waals surface area contributed by atoms with E-state index in [-0.39, 0.29) is 32.9 Å². The molecule has 0 saturated carbocycles. The van der Waals surface area contributed by atoms with E-state index in [1.165, 1.54) is 0 Å². The molecule has 1 heterocycles. The molecule has 0 aliphatic heterocycles. The van der Waals surface area contributed by atoms with Crippen molar-refractivity contribution in [2.24, 2.45) is 16.6 Å². The summed E-state index contributed by atoms with van der Waals surface area (Å²) in [5, 5.41) is 11.2. The zero-order chi connectivity index (χ0) is 33.8. The number of hydrogen-bond donors (Lipinski definition) is 3. The number of carbonyl (C=O) groups is 3. The minimum atomic E-state index is -0.519. The van der Waals surface area contributed by atoms with Gasteiger partial charge >= 0.3 is 0 Å². The number of rotatable bonds is 15. The van der Waals surface area contributed by atoms with Crippen molar-refractivity contribution >= 4 is 35.0 Å². The number of fused-ring (bicyclic) bond motifs is 1. The molecule has 250 valence electrons. The molecule has 4 N–H and O–H groups in total. The van der Waals surface area contributed by atoms with Crippen LogP contribution in [0.15, 0.2) is 18.2 Å². The van der Waals surface area contributed by atoms with E-state index < -0.39 is 5.91 Å². The number of thioether (sulfide) groups is 1. The van der Waals surface area contributed by atoms with Gasteiger partial charge in [0.05, 0.1) is 40.4 Å². The highest BCUT2D eigenvalue weighted by molar-refractivity contribution is 8.00. The summed E-state index contributed by atoms with van der Waals surface area (Å²) in [7, 11) is 0. The van der Waals surface area contributed by atoms with Crippen molar-refractivity contribution in [1.29, 1.82) is 0 Å². The van der Waals surface area contributed by atoms with Crippen LogP contribution in [0.4, 0.5) is 5.69 Å². The molecular weight excluding hydrogens is 586 g/mol. The number of nitrogens with zero attached hydrogens (tertiary/aromatic N) is 2. The van der Waals surface area contributed by atoms with Crippen LogP contribution in [0.2, 0.25) is 0 Å². The molecule has 0 radical (unpaired) electrons. The monoisotopic (exact) mass is 641 g/mol. The zero-order valence-corrected chi connectivity index (χ0v) is 29.9. The first-order valence-corrected chi connectivity index (χ1v) is 17.0. The van der Waals surface area contributed by atoms with Gasteiger partial charge in [-0.1, -0.05) is 48.5 Å². The van der Waals surface area contributed by atoms with Gasteiger partial charge in [-0.3, -0.25) is 14.4 Å². The molecule has 1 aliphatic rings. The van der Waals surface area contributed by atoms with Crippen LogP contribution >= 0.6 is 11.8 Å². The number of primary amides is 1. The lowest BCUT2D eigenvalue weighted by Gasteiger charge is -2.32. The first kappa shape index (κ1) is 36.6. The highest BCUT2D eigenvalue weighted by Crippen LogP contribution is 2.37. The smallest absolute Gasteiger partial charge is 0.250 e. The zero-order valence-electron chi connectivity index (χ0n) is 29.1. The molecule has 1 aromatic carbocycles. The number of anilines is 1. The maximum Gasteiger partial charge on any atom is 0.250 e. The van der Waals surface area contributed by atoms with Gasteiger partial charge in [0.1, 0.15) is 0 Å². The summed E-state index contributed by atoms with van der Waals surface area (Å²) in [5.74, 6) is 0.520. The fourth-order valence-corrected chi connectivity index (χ4v) is 6.41. The Morgan fingerprint density at radius 2 is 1.80 bits per heavy atom. The van der Waals surface area contributed by atoms with Crippen LogP contribution in [0.25, 0.3) is 5.69 Å². The van der Waals surface area contributed by atoms with Gasteiger partial charge in [0.2, 0.25) is 5.91 Å². The van der Waals surface area contributed by atoms with Crippen molar-refractivity contribution in [2.45, 2.75) is 112 Å². The van der Waals surface area contributed by atoms with Gasteiger partial charge in [-0.25, -0.2) is 4.68 Å². The Bertz CT molecular complexity index is 1390. The third kappa shape index (κ3) is 10.9. The minimum Gasteiger partial charge on any atom is -0.384 e. The Balaban J connectivity index is 1.59. The van der Waals surface area contributed by atoms with Crippen molar-refractivity contribution in [1.82, 2.24) is 15.1 Å².